The summed E-state index contributed by atoms with van der Waals surface area (Å²) >= 11 is 0. The molecule has 0 fully saturated rings. The Hall–Kier alpha value is -1.84. The Morgan fingerprint density at radius 3 is 3.00 bits per heavy atom. The Kier molecular flexibility index (Phi) is 2.97. The maximum Gasteiger partial charge on any atom is 0.125 e. The predicted octanol–water partition coefficient (Wildman–Crippen LogP) is 1.70. The molecule has 0 bridgehead atoms. The third-order valence-corrected chi connectivity index (χ3v) is 2.07. The van der Waals surface area contributed by atoms with Crippen LogP contribution in [0.5, 0.6) is 0 Å². The normalized spacial score (nSPS) is 10.2. The van der Waals surface area contributed by atoms with Gasteiger partial charge in [0.15, 0.2) is 0 Å². The van der Waals surface area contributed by atoms with E-state index in [4.69, 9.17) is 0 Å². The summed E-state index contributed by atoms with van der Waals surface area (Å²) in [5, 5.41) is 7.43. The molecule has 0 aromatic carbocycles. The van der Waals surface area contributed by atoms with Crippen molar-refractivity contribution in [2.24, 2.45) is 0 Å². The fourth-order valence-electron chi connectivity index (χ4n) is 1.36. The van der Waals surface area contributed by atoms with Crippen molar-refractivity contribution in [3.8, 4) is 0 Å². The van der Waals surface area contributed by atoms with Gasteiger partial charge in [-0.15, -0.1) is 0 Å². The zero-order valence-corrected chi connectivity index (χ0v) is 8.72. The van der Waals surface area contributed by atoms with Gasteiger partial charge in [0.25, 0.3) is 0 Å². The SMILES string of the molecule is Cc1cnn(CCNc2ccccn2)c1. The number of pyridine rings is 1. The third-order valence-electron chi connectivity index (χ3n) is 2.07. The van der Waals surface area contributed by atoms with Crippen LogP contribution in [-0.2, 0) is 6.54 Å². The quantitative estimate of drug-likeness (QED) is 0.820. The number of hydrogen-bond acceptors (Lipinski definition) is 3. The summed E-state index contributed by atoms with van der Waals surface area (Å²) in [4.78, 5) is 4.17. The van der Waals surface area contributed by atoms with Crippen LogP contribution in [-0.4, -0.2) is 21.3 Å². The van der Waals surface area contributed by atoms with Crippen molar-refractivity contribution in [1.29, 1.82) is 0 Å². The van der Waals surface area contributed by atoms with Gasteiger partial charge in [-0.05, 0) is 24.6 Å². The minimum Gasteiger partial charge on any atom is -0.368 e. The van der Waals surface area contributed by atoms with Crippen LogP contribution in [0.25, 0.3) is 0 Å². The van der Waals surface area contributed by atoms with Crippen molar-refractivity contribution in [3.63, 3.8) is 0 Å². The summed E-state index contributed by atoms with van der Waals surface area (Å²) in [5.74, 6) is 0.904. The molecule has 2 rings (SSSR count). The molecule has 15 heavy (non-hydrogen) atoms. The van der Waals surface area contributed by atoms with E-state index in [2.05, 4.69) is 15.4 Å². The van der Waals surface area contributed by atoms with E-state index < -0.39 is 0 Å². The maximum absolute atomic E-state index is 4.20. The molecule has 2 aromatic heterocycles. The van der Waals surface area contributed by atoms with Crippen molar-refractivity contribution < 1.29 is 0 Å². The molecule has 0 unspecified atom stereocenters. The first kappa shape index (κ1) is 9.71. The molecule has 1 N–H and O–H groups in total. The van der Waals surface area contributed by atoms with Crippen LogP contribution in [0, 0.1) is 6.92 Å². The van der Waals surface area contributed by atoms with Gasteiger partial charge in [-0.3, -0.25) is 4.68 Å². The Morgan fingerprint density at radius 1 is 1.40 bits per heavy atom. The van der Waals surface area contributed by atoms with Gasteiger partial charge in [-0.2, -0.15) is 5.10 Å². The van der Waals surface area contributed by atoms with E-state index >= 15 is 0 Å². The van der Waals surface area contributed by atoms with Gasteiger partial charge in [-0.1, -0.05) is 6.07 Å². The molecular formula is C11H14N4. The lowest BCUT2D eigenvalue weighted by atomic mass is 10.4. The number of rotatable bonds is 4. The Balaban J connectivity index is 1.80. The minimum absolute atomic E-state index is 0.831. The van der Waals surface area contributed by atoms with Gasteiger partial charge in [-0.25, -0.2) is 4.98 Å². The molecule has 0 spiro atoms. The van der Waals surface area contributed by atoms with Crippen molar-refractivity contribution in [2.75, 3.05) is 11.9 Å². The molecule has 78 valence electrons. The molecule has 2 aromatic rings. The number of nitrogens with zero attached hydrogens (tertiary/aromatic N) is 3. The molecule has 0 aliphatic carbocycles. The maximum atomic E-state index is 4.20. The van der Waals surface area contributed by atoms with Crippen molar-refractivity contribution in [2.45, 2.75) is 13.5 Å². The molecule has 0 amide bonds. The minimum atomic E-state index is 0.831. The second kappa shape index (κ2) is 4.59. The van der Waals surface area contributed by atoms with Crippen LogP contribution >= 0.6 is 0 Å². The van der Waals surface area contributed by atoms with Crippen LogP contribution in [0.15, 0.2) is 36.8 Å². The Morgan fingerprint density at radius 2 is 2.33 bits per heavy atom. The van der Waals surface area contributed by atoms with E-state index in [-0.39, 0.29) is 0 Å². The zero-order chi connectivity index (χ0) is 10.5. The molecule has 0 atom stereocenters. The number of aromatic nitrogens is 3. The first-order chi connectivity index (χ1) is 7.34. The molecule has 0 aliphatic rings. The van der Waals surface area contributed by atoms with Crippen molar-refractivity contribution in [1.82, 2.24) is 14.8 Å². The van der Waals surface area contributed by atoms with Gasteiger partial charge < -0.3 is 5.32 Å². The standard InChI is InChI=1S/C11H14N4/c1-10-8-14-15(9-10)7-6-13-11-4-2-3-5-12-11/h2-5,8-9H,6-7H2,1H3,(H,12,13). The van der Waals surface area contributed by atoms with Crippen molar-refractivity contribution in [3.05, 3.63) is 42.4 Å². The number of aryl methyl sites for hydroxylation is 1. The summed E-state index contributed by atoms with van der Waals surface area (Å²) in [7, 11) is 0. The van der Waals surface area contributed by atoms with E-state index in [1.54, 1.807) is 6.20 Å². The average molecular weight is 202 g/mol. The summed E-state index contributed by atoms with van der Waals surface area (Å²) in [6.45, 7) is 3.72. The second-order valence-electron chi connectivity index (χ2n) is 3.42. The Bertz CT molecular complexity index is 408. The van der Waals surface area contributed by atoms with Gasteiger partial charge in [0.1, 0.15) is 5.82 Å². The highest BCUT2D eigenvalue weighted by Gasteiger charge is 1.94. The highest BCUT2D eigenvalue weighted by atomic mass is 15.3. The Labute approximate surface area is 89.0 Å². The van der Waals surface area contributed by atoms with Gasteiger partial charge in [0.05, 0.1) is 12.7 Å². The lowest BCUT2D eigenvalue weighted by Crippen LogP contribution is -2.11. The summed E-state index contributed by atoms with van der Waals surface area (Å²) in [5.41, 5.74) is 1.19. The number of nitrogens with one attached hydrogen (secondary N) is 1. The van der Waals surface area contributed by atoms with E-state index in [0.29, 0.717) is 0 Å². The zero-order valence-electron chi connectivity index (χ0n) is 8.72. The first-order valence-electron chi connectivity index (χ1n) is 4.98. The fraction of sp³-hybridized carbons (Fsp3) is 0.273. The third kappa shape index (κ3) is 2.80. The molecule has 2 heterocycles. The molecular weight excluding hydrogens is 188 g/mol. The molecule has 0 radical (unpaired) electrons. The number of anilines is 1. The van der Waals surface area contributed by atoms with E-state index in [1.807, 2.05) is 42.2 Å². The lowest BCUT2D eigenvalue weighted by Gasteiger charge is -2.04. The summed E-state index contributed by atoms with van der Waals surface area (Å²) < 4.78 is 1.92. The number of hydrogen-bond donors (Lipinski definition) is 1. The highest BCUT2D eigenvalue weighted by molar-refractivity contribution is 5.32. The van der Waals surface area contributed by atoms with Gasteiger partial charge in [0, 0.05) is 18.9 Å². The van der Waals surface area contributed by atoms with E-state index in [0.717, 1.165) is 18.9 Å². The smallest absolute Gasteiger partial charge is 0.125 e. The van der Waals surface area contributed by atoms with Crippen molar-refractivity contribution >= 4 is 5.82 Å². The molecule has 4 heteroatoms. The average Bonchev–Trinajstić information content (AvgIpc) is 2.66. The molecule has 4 nitrogen and oxygen atoms in total. The van der Waals surface area contributed by atoms with Crippen LogP contribution in [0.1, 0.15) is 5.56 Å². The molecule has 0 saturated heterocycles. The van der Waals surface area contributed by atoms with E-state index in [1.165, 1.54) is 5.56 Å². The predicted molar refractivity (Wildman–Crippen MR) is 59.7 cm³/mol. The molecule has 0 saturated carbocycles. The van der Waals surface area contributed by atoms with E-state index in [9.17, 15) is 0 Å². The van der Waals surface area contributed by atoms with Gasteiger partial charge >= 0.3 is 0 Å². The van der Waals surface area contributed by atoms with Crippen LogP contribution in [0.2, 0.25) is 0 Å². The largest absolute Gasteiger partial charge is 0.368 e. The first-order valence-corrected chi connectivity index (χ1v) is 4.98. The second-order valence-corrected chi connectivity index (χ2v) is 3.42. The van der Waals surface area contributed by atoms with Crippen LogP contribution < -0.4 is 5.32 Å². The highest BCUT2D eigenvalue weighted by Crippen LogP contribution is 1.99. The summed E-state index contributed by atoms with van der Waals surface area (Å²) in [6.07, 6.45) is 5.67. The monoisotopic (exact) mass is 202 g/mol. The topological polar surface area (TPSA) is 42.7 Å². The fourth-order valence-corrected chi connectivity index (χ4v) is 1.36. The lowest BCUT2D eigenvalue weighted by molar-refractivity contribution is 0.637. The molecule has 0 aliphatic heterocycles. The van der Waals surface area contributed by atoms with Crippen LogP contribution in [0.4, 0.5) is 5.82 Å². The summed E-state index contributed by atoms with van der Waals surface area (Å²) in [6, 6.07) is 5.82. The van der Waals surface area contributed by atoms with Gasteiger partial charge in [0.2, 0.25) is 0 Å². The van der Waals surface area contributed by atoms with Crippen LogP contribution in [0.3, 0.4) is 0 Å².